The van der Waals surface area contributed by atoms with Gasteiger partial charge in [-0.05, 0) is 42.2 Å². The molecule has 4 rings (SSSR count). The minimum Gasteiger partial charge on any atom is -0.377 e. The normalized spacial score (nSPS) is 16.2. The molecule has 6 nitrogen and oxygen atoms in total. The van der Waals surface area contributed by atoms with Crippen molar-refractivity contribution < 1.29 is 17.9 Å². The Morgan fingerprint density at radius 2 is 1.59 bits per heavy atom. The second kappa shape index (κ2) is 10.1. The molecule has 0 aromatic heterocycles. The van der Waals surface area contributed by atoms with Gasteiger partial charge in [-0.2, -0.15) is 0 Å². The number of amides is 1. The number of hydrogen-bond donors (Lipinski definition) is 2. The third-order valence-electron chi connectivity index (χ3n) is 5.47. The Morgan fingerprint density at radius 3 is 2.19 bits per heavy atom. The molecule has 0 aliphatic carbocycles. The van der Waals surface area contributed by atoms with E-state index in [4.69, 9.17) is 4.74 Å². The van der Waals surface area contributed by atoms with Gasteiger partial charge in [-0.1, -0.05) is 66.7 Å². The maximum atomic E-state index is 13.1. The molecule has 1 heterocycles. The highest BCUT2D eigenvalue weighted by atomic mass is 32.2. The van der Waals surface area contributed by atoms with E-state index in [0.29, 0.717) is 6.61 Å². The molecular weight excluding hydrogens is 424 g/mol. The van der Waals surface area contributed by atoms with Gasteiger partial charge in [0.05, 0.1) is 17.0 Å². The lowest BCUT2D eigenvalue weighted by Gasteiger charge is -2.20. The minimum absolute atomic E-state index is 0.0547. The van der Waals surface area contributed by atoms with Crippen molar-refractivity contribution in [3.05, 3.63) is 102 Å². The first-order valence-electron chi connectivity index (χ1n) is 10.6. The van der Waals surface area contributed by atoms with Crippen LogP contribution in [0.5, 0.6) is 0 Å². The third kappa shape index (κ3) is 5.43. The minimum atomic E-state index is -3.75. The van der Waals surface area contributed by atoms with Crippen LogP contribution in [0.3, 0.4) is 0 Å². The van der Waals surface area contributed by atoms with Crippen molar-refractivity contribution in [3.63, 3.8) is 0 Å². The van der Waals surface area contributed by atoms with Crippen LogP contribution in [0.15, 0.2) is 89.8 Å². The molecule has 7 heteroatoms. The van der Waals surface area contributed by atoms with E-state index >= 15 is 0 Å². The summed E-state index contributed by atoms with van der Waals surface area (Å²) in [5, 5.41) is 3.05. The van der Waals surface area contributed by atoms with Crippen molar-refractivity contribution in [1.82, 2.24) is 10.0 Å². The highest BCUT2D eigenvalue weighted by Gasteiger charge is 2.22. The lowest BCUT2D eigenvalue weighted by Crippen LogP contribution is -2.32. The zero-order chi connectivity index (χ0) is 22.4. The summed E-state index contributed by atoms with van der Waals surface area (Å²) in [5.74, 6) is -0.348. The summed E-state index contributed by atoms with van der Waals surface area (Å²) in [4.78, 5) is 13.2. The summed E-state index contributed by atoms with van der Waals surface area (Å²) >= 11 is 0. The molecule has 1 atom stereocenters. The Bertz CT molecular complexity index is 1110. The van der Waals surface area contributed by atoms with Gasteiger partial charge in [0.1, 0.15) is 0 Å². The number of carbonyl (C=O) groups excluding carboxylic acids is 1. The first kappa shape index (κ1) is 22.2. The highest BCUT2D eigenvalue weighted by Crippen LogP contribution is 2.23. The molecule has 1 fully saturated rings. The van der Waals surface area contributed by atoms with Crippen LogP contribution in [0.25, 0.3) is 0 Å². The maximum absolute atomic E-state index is 13.1. The van der Waals surface area contributed by atoms with Crippen LogP contribution in [0, 0.1) is 0 Å². The fraction of sp³-hybridized carbons (Fsp3) is 0.240. The van der Waals surface area contributed by atoms with Gasteiger partial charge >= 0.3 is 0 Å². The van der Waals surface area contributed by atoms with E-state index in [1.807, 2.05) is 60.7 Å². The molecule has 1 unspecified atom stereocenters. The van der Waals surface area contributed by atoms with E-state index in [1.54, 1.807) is 12.1 Å². The molecule has 2 N–H and O–H groups in total. The summed E-state index contributed by atoms with van der Waals surface area (Å²) in [5.41, 5.74) is 2.16. The fourth-order valence-electron chi connectivity index (χ4n) is 3.76. The summed E-state index contributed by atoms with van der Waals surface area (Å²) < 4.78 is 33.5. The largest absolute Gasteiger partial charge is 0.377 e. The number of carbonyl (C=O) groups is 1. The zero-order valence-corrected chi connectivity index (χ0v) is 18.4. The first-order valence-corrected chi connectivity index (χ1v) is 12.1. The highest BCUT2D eigenvalue weighted by molar-refractivity contribution is 7.89. The average molecular weight is 451 g/mol. The van der Waals surface area contributed by atoms with Crippen LogP contribution >= 0.6 is 0 Å². The molecule has 1 saturated heterocycles. The number of rotatable bonds is 8. The van der Waals surface area contributed by atoms with Crippen molar-refractivity contribution in [2.45, 2.75) is 29.9 Å². The van der Waals surface area contributed by atoms with E-state index in [-0.39, 0.29) is 35.1 Å². The predicted octanol–water partition coefficient (Wildman–Crippen LogP) is 3.66. The number of nitrogens with one attached hydrogen (secondary N) is 2. The van der Waals surface area contributed by atoms with Crippen molar-refractivity contribution in [2.75, 3.05) is 13.2 Å². The molecule has 0 spiro atoms. The monoisotopic (exact) mass is 450 g/mol. The summed E-state index contributed by atoms with van der Waals surface area (Å²) in [6.45, 7) is 0.884. The van der Waals surface area contributed by atoms with Gasteiger partial charge in [-0.3, -0.25) is 4.79 Å². The van der Waals surface area contributed by atoms with E-state index in [1.165, 1.54) is 12.1 Å². The van der Waals surface area contributed by atoms with Crippen LogP contribution in [0.4, 0.5) is 0 Å². The molecule has 166 valence electrons. The van der Waals surface area contributed by atoms with E-state index in [2.05, 4.69) is 10.0 Å². The molecule has 1 aliphatic rings. The van der Waals surface area contributed by atoms with Gasteiger partial charge < -0.3 is 10.1 Å². The Hall–Kier alpha value is -3.00. The van der Waals surface area contributed by atoms with Gasteiger partial charge in [0.15, 0.2) is 0 Å². The SMILES string of the molecule is O=C(NC(c1ccccc1)c1ccccc1)c1cccc(S(=O)(=O)NCC2CCCO2)c1. The molecule has 0 bridgehead atoms. The van der Waals surface area contributed by atoms with Gasteiger partial charge in [0.2, 0.25) is 10.0 Å². The van der Waals surface area contributed by atoms with E-state index in [9.17, 15) is 13.2 Å². The Kier molecular flexibility index (Phi) is 6.99. The van der Waals surface area contributed by atoms with Gasteiger partial charge in [-0.25, -0.2) is 13.1 Å². The van der Waals surface area contributed by atoms with Crippen molar-refractivity contribution >= 4 is 15.9 Å². The molecule has 0 radical (unpaired) electrons. The molecule has 0 saturated carbocycles. The smallest absolute Gasteiger partial charge is 0.252 e. The van der Waals surface area contributed by atoms with Crippen molar-refractivity contribution in [2.24, 2.45) is 0 Å². The van der Waals surface area contributed by atoms with Crippen LogP contribution in [-0.4, -0.2) is 33.6 Å². The topological polar surface area (TPSA) is 84.5 Å². The number of hydrogen-bond acceptors (Lipinski definition) is 4. The Balaban J connectivity index is 1.53. The van der Waals surface area contributed by atoms with Crippen LogP contribution in [-0.2, 0) is 14.8 Å². The van der Waals surface area contributed by atoms with Crippen molar-refractivity contribution in [3.8, 4) is 0 Å². The molecule has 32 heavy (non-hydrogen) atoms. The summed E-state index contributed by atoms with van der Waals surface area (Å²) in [6.07, 6.45) is 1.67. The predicted molar refractivity (Wildman–Crippen MR) is 123 cm³/mol. The summed E-state index contributed by atoms with van der Waals surface area (Å²) in [6, 6.07) is 25.1. The second-order valence-electron chi connectivity index (χ2n) is 7.74. The number of ether oxygens (including phenoxy) is 1. The van der Waals surface area contributed by atoms with Crippen LogP contribution in [0.2, 0.25) is 0 Å². The van der Waals surface area contributed by atoms with Crippen LogP contribution < -0.4 is 10.0 Å². The van der Waals surface area contributed by atoms with E-state index in [0.717, 1.165) is 24.0 Å². The quantitative estimate of drug-likeness (QED) is 0.549. The standard InChI is InChI=1S/C25H26N2O4S/c28-25(27-24(19-9-3-1-4-10-19)20-11-5-2-6-12-20)21-13-7-15-23(17-21)32(29,30)26-18-22-14-8-16-31-22/h1-7,9-13,15,17,22,24,26H,8,14,16,18H2,(H,27,28). The lowest BCUT2D eigenvalue weighted by molar-refractivity contribution is 0.0942. The number of sulfonamides is 1. The maximum Gasteiger partial charge on any atom is 0.252 e. The van der Waals surface area contributed by atoms with Crippen molar-refractivity contribution in [1.29, 1.82) is 0 Å². The molecular formula is C25H26N2O4S. The Labute approximate surface area is 188 Å². The zero-order valence-electron chi connectivity index (χ0n) is 17.6. The molecule has 1 amide bonds. The van der Waals surface area contributed by atoms with Gasteiger partial charge in [0, 0.05) is 18.7 Å². The fourth-order valence-corrected chi connectivity index (χ4v) is 4.87. The number of benzene rings is 3. The Morgan fingerprint density at radius 1 is 0.938 bits per heavy atom. The third-order valence-corrected chi connectivity index (χ3v) is 6.89. The first-order chi connectivity index (χ1) is 15.5. The second-order valence-corrected chi connectivity index (χ2v) is 9.51. The lowest BCUT2D eigenvalue weighted by atomic mass is 9.98. The van der Waals surface area contributed by atoms with E-state index < -0.39 is 10.0 Å². The molecule has 3 aromatic carbocycles. The average Bonchev–Trinajstić information content (AvgIpc) is 3.36. The molecule has 3 aromatic rings. The van der Waals surface area contributed by atoms with Gasteiger partial charge in [0.25, 0.3) is 5.91 Å². The molecule has 1 aliphatic heterocycles. The van der Waals surface area contributed by atoms with Gasteiger partial charge in [-0.15, -0.1) is 0 Å². The summed E-state index contributed by atoms with van der Waals surface area (Å²) in [7, 11) is -3.75. The van der Waals surface area contributed by atoms with Crippen LogP contribution in [0.1, 0.15) is 40.4 Å².